The summed E-state index contributed by atoms with van der Waals surface area (Å²) in [4.78, 5) is 24.8. The zero-order valence-electron chi connectivity index (χ0n) is 12.8. The van der Waals surface area contributed by atoms with Gasteiger partial charge in [0.2, 0.25) is 0 Å². The Morgan fingerprint density at radius 2 is 2.15 bits per heavy atom. The van der Waals surface area contributed by atoms with Gasteiger partial charge in [-0.25, -0.2) is 4.79 Å². The fraction of sp³-hybridized carbons (Fsp3) is 0.857. The maximum absolute atomic E-state index is 12.0. The van der Waals surface area contributed by atoms with Gasteiger partial charge in [-0.05, 0) is 33.6 Å². The lowest BCUT2D eigenvalue weighted by atomic mass is 9.93. The van der Waals surface area contributed by atoms with Gasteiger partial charge in [-0.15, -0.1) is 0 Å². The smallest absolute Gasteiger partial charge is 0.410 e. The minimum absolute atomic E-state index is 0.0103. The highest BCUT2D eigenvalue weighted by Gasteiger charge is 2.32. The normalized spacial score (nSPS) is 21.4. The van der Waals surface area contributed by atoms with Crippen LogP contribution >= 0.6 is 0 Å². The van der Waals surface area contributed by atoms with Crippen molar-refractivity contribution >= 4 is 12.4 Å². The van der Waals surface area contributed by atoms with Crippen LogP contribution in [0.15, 0.2) is 0 Å². The fourth-order valence-electron chi connectivity index (χ4n) is 2.20. The first-order valence-electron chi connectivity index (χ1n) is 6.91. The van der Waals surface area contributed by atoms with Crippen LogP contribution in [0.1, 0.15) is 33.6 Å². The molecular weight excluding hydrogens is 262 g/mol. The molecule has 1 aliphatic heterocycles. The van der Waals surface area contributed by atoms with Gasteiger partial charge in [0.05, 0.1) is 0 Å². The number of carbonyl (C=O) groups is 2. The van der Waals surface area contributed by atoms with Crippen molar-refractivity contribution in [2.75, 3.05) is 27.0 Å². The van der Waals surface area contributed by atoms with E-state index < -0.39 is 11.7 Å². The maximum atomic E-state index is 12.0. The molecule has 1 rings (SSSR count). The van der Waals surface area contributed by atoms with Crippen LogP contribution in [-0.2, 0) is 19.0 Å². The molecule has 0 aromatic rings. The van der Waals surface area contributed by atoms with E-state index in [0.717, 1.165) is 19.1 Å². The van der Waals surface area contributed by atoms with Crippen LogP contribution < -0.4 is 0 Å². The van der Waals surface area contributed by atoms with Gasteiger partial charge < -0.3 is 23.9 Å². The molecule has 6 heteroatoms. The summed E-state index contributed by atoms with van der Waals surface area (Å²) in [7, 11) is 1.51. The van der Waals surface area contributed by atoms with E-state index in [0.29, 0.717) is 13.1 Å². The molecule has 20 heavy (non-hydrogen) atoms. The standard InChI is InChI=1S/C14H25NO5/c1-14(2,3)20-13(17)15-7-5-6-11(8-15)12(9-16)19-10-18-4/h9,11-12H,5-8,10H2,1-4H3/t11-,12?/m1/s1. The monoisotopic (exact) mass is 287 g/mol. The summed E-state index contributed by atoms with van der Waals surface area (Å²) in [5.41, 5.74) is -0.513. The van der Waals surface area contributed by atoms with Gasteiger partial charge in [-0.1, -0.05) is 0 Å². The molecule has 0 radical (unpaired) electrons. The number of carbonyl (C=O) groups excluding carboxylic acids is 2. The molecule has 6 nitrogen and oxygen atoms in total. The molecule has 0 aliphatic carbocycles. The largest absolute Gasteiger partial charge is 0.444 e. The summed E-state index contributed by atoms with van der Waals surface area (Å²) in [5, 5.41) is 0. The van der Waals surface area contributed by atoms with Gasteiger partial charge in [0.15, 0.2) is 0 Å². The molecule has 2 atom stereocenters. The van der Waals surface area contributed by atoms with Crippen LogP contribution in [0, 0.1) is 5.92 Å². The van der Waals surface area contributed by atoms with Crippen LogP contribution in [0.3, 0.4) is 0 Å². The fourth-order valence-corrected chi connectivity index (χ4v) is 2.20. The Balaban J connectivity index is 2.56. The van der Waals surface area contributed by atoms with Crippen molar-refractivity contribution in [3.8, 4) is 0 Å². The summed E-state index contributed by atoms with van der Waals surface area (Å²) in [6, 6.07) is 0. The number of aldehydes is 1. The molecule has 1 fully saturated rings. The minimum atomic E-state index is -0.541. The third-order valence-electron chi connectivity index (χ3n) is 3.09. The second-order valence-corrected chi connectivity index (χ2v) is 6.00. The van der Waals surface area contributed by atoms with E-state index in [1.165, 1.54) is 7.11 Å². The van der Waals surface area contributed by atoms with Gasteiger partial charge in [-0.2, -0.15) is 0 Å². The molecule has 1 heterocycles. The van der Waals surface area contributed by atoms with Crippen molar-refractivity contribution in [2.45, 2.75) is 45.3 Å². The Bertz CT molecular complexity index is 326. The highest BCUT2D eigenvalue weighted by Crippen LogP contribution is 2.22. The zero-order valence-corrected chi connectivity index (χ0v) is 12.8. The summed E-state index contributed by atoms with van der Waals surface area (Å²) in [6.07, 6.45) is 1.60. The molecule has 0 aromatic carbocycles. The van der Waals surface area contributed by atoms with Crippen molar-refractivity contribution in [3.63, 3.8) is 0 Å². The summed E-state index contributed by atoms with van der Waals surface area (Å²) >= 11 is 0. The molecule has 1 aliphatic rings. The van der Waals surface area contributed by atoms with Crippen LogP contribution in [-0.4, -0.2) is 56.0 Å². The number of likely N-dealkylation sites (tertiary alicyclic amines) is 1. The topological polar surface area (TPSA) is 65.1 Å². The highest BCUT2D eigenvalue weighted by atomic mass is 16.7. The van der Waals surface area contributed by atoms with Crippen LogP contribution in [0.4, 0.5) is 4.79 Å². The van der Waals surface area contributed by atoms with Crippen LogP contribution in [0.5, 0.6) is 0 Å². The number of hydrogen-bond donors (Lipinski definition) is 0. The second-order valence-electron chi connectivity index (χ2n) is 6.00. The summed E-state index contributed by atoms with van der Waals surface area (Å²) < 4.78 is 15.5. The Labute approximate surface area is 120 Å². The molecule has 1 unspecified atom stereocenters. The third kappa shape index (κ3) is 5.46. The van der Waals surface area contributed by atoms with E-state index in [1.807, 2.05) is 20.8 Å². The van der Waals surface area contributed by atoms with Crippen LogP contribution in [0.25, 0.3) is 0 Å². The molecule has 0 N–H and O–H groups in total. The molecular formula is C14H25NO5. The number of rotatable bonds is 5. The van der Waals surface area contributed by atoms with Crippen molar-refractivity contribution in [1.29, 1.82) is 0 Å². The average molecular weight is 287 g/mol. The molecule has 1 saturated heterocycles. The predicted octanol–water partition coefficient (Wildman–Crippen LogP) is 1.82. The van der Waals surface area contributed by atoms with Crippen molar-refractivity contribution in [2.24, 2.45) is 5.92 Å². The first-order valence-corrected chi connectivity index (χ1v) is 6.91. The molecule has 0 aromatic heterocycles. The zero-order chi connectivity index (χ0) is 15.2. The molecule has 116 valence electrons. The quantitative estimate of drug-likeness (QED) is 0.570. The van der Waals surface area contributed by atoms with E-state index in [4.69, 9.17) is 14.2 Å². The number of piperidine rings is 1. The number of amides is 1. The lowest BCUT2D eigenvalue weighted by Crippen LogP contribution is -2.46. The maximum Gasteiger partial charge on any atom is 0.410 e. The van der Waals surface area contributed by atoms with Gasteiger partial charge in [-0.3, -0.25) is 0 Å². The van der Waals surface area contributed by atoms with Crippen molar-refractivity contribution in [1.82, 2.24) is 4.90 Å². The van der Waals surface area contributed by atoms with E-state index >= 15 is 0 Å². The summed E-state index contributed by atoms with van der Waals surface area (Å²) in [5.74, 6) is -0.0103. The molecule has 1 amide bonds. The van der Waals surface area contributed by atoms with E-state index in [-0.39, 0.29) is 18.8 Å². The Morgan fingerprint density at radius 3 is 2.70 bits per heavy atom. The van der Waals surface area contributed by atoms with E-state index in [1.54, 1.807) is 4.90 Å². The van der Waals surface area contributed by atoms with Crippen molar-refractivity contribution < 1.29 is 23.8 Å². The van der Waals surface area contributed by atoms with Gasteiger partial charge in [0.25, 0.3) is 0 Å². The summed E-state index contributed by atoms with van der Waals surface area (Å²) in [6.45, 7) is 6.71. The lowest BCUT2D eigenvalue weighted by molar-refractivity contribution is -0.136. The minimum Gasteiger partial charge on any atom is -0.444 e. The first kappa shape index (κ1) is 16.9. The molecule has 0 spiro atoms. The number of ether oxygens (including phenoxy) is 3. The van der Waals surface area contributed by atoms with E-state index in [9.17, 15) is 9.59 Å². The highest BCUT2D eigenvalue weighted by molar-refractivity contribution is 5.68. The molecule has 0 bridgehead atoms. The number of methoxy groups -OCH3 is 1. The first-order chi connectivity index (χ1) is 9.37. The third-order valence-corrected chi connectivity index (χ3v) is 3.09. The lowest BCUT2D eigenvalue weighted by Gasteiger charge is -2.35. The van der Waals surface area contributed by atoms with Gasteiger partial charge in [0, 0.05) is 26.1 Å². The van der Waals surface area contributed by atoms with E-state index in [2.05, 4.69) is 0 Å². The van der Waals surface area contributed by atoms with Crippen molar-refractivity contribution in [3.05, 3.63) is 0 Å². The second kappa shape index (κ2) is 7.59. The Hall–Kier alpha value is -1.14. The van der Waals surface area contributed by atoms with Gasteiger partial charge in [0.1, 0.15) is 24.8 Å². The Kier molecular flexibility index (Phi) is 6.42. The number of nitrogens with zero attached hydrogens (tertiary/aromatic N) is 1. The van der Waals surface area contributed by atoms with Crippen LogP contribution in [0.2, 0.25) is 0 Å². The van der Waals surface area contributed by atoms with Gasteiger partial charge >= 0.3 is 6.09 Å². The number of hydrogen-bond acceptors (Lipinski definition) is 5. The Morgan fingerprint density at radius 1 is 1.45 bits per heavy atom. The SMILES string of the molecule is COCOC(C=O)[C@@H]1CCCN(C(=O)OC(C)(C)C)C1. The molecule has 0 saturated carbocycles. The average Bonchev–Trinajstić information content (AvgIpc) is 2.38. The predicted molar refractivity (Wildman–Crippen MR) is 73.3 cm³/mol.